The zero-order valence-electron chi connectivity index (χ0n) is 8.80. The summed E-state index contributed by atoms with van der Waals surface area (Å²) in [4.78, 5) is 0. The van der Waals surface area contributed by atoms with Gasteiger partial charge in [0.25, 0.3) is 0 Å². The summed E-state index contributed by atoms with van der Waals surface area (Å²) >= 11 is 0. The number of rotatable bonds is 5. The van der Waals surface area contributed by atoms with Crippen molar-refractivity contribution in [3.63, 3.8) is 0 Å². The van der Waals surface area contributed by atoms with E-state index in [2.05, 4.69) is 26.8 Å². The van der Waals surface area contributed by atoms with Crippen LogP contribution < -0.4 is 0 Å². The van der Waals surface area contributed by atoms with Gasteiger partial charge in [-0.3, -0.25) is 0 Å². The maximum Gasteiger partial charge on any atom is 0.0514 e. The molecule has 1 unspecified atom stereocenters. The number of aliphatic hydroxyl groups is 1. The average Bonchev–Trinajstić information content (AvgIpc) is 1.84. The van der Waals surface area contributed by atoms with E-state index in [1.807, 2.05) is 6.92 Å². The molecule has 0 aliphatic carbocycles. The number of aliphatic hydroxyl groups excluding tert-OH is 1. The molecule has 0 rings (SSSR count). The Morgan fingerprint density at radius 2 is 1.92 bits per heavy atom. The molecule has 1 N–H and O–H groups in total. The molecule has 0 aliphatic heterocycles. The standard InChI is InChI=1S/C11H22O/c1-9(2)6-5-7-10(3)8-11(4)12/h6,10-12H,5,7-8H2,1-4H3/t10?,11-/m0/s1. The minimum atomic E-state index is -0.147. The molecule has 0 saturated heterocycles. The van der Waals surface area contributed by atoms with E-state index in [-0.39, 0.29) is 6.10 Å². The number of allylic oxidation sites excluding steroid dienone is 2. The molecule has 0 aromatic carbocycles. The molecule has 0 fully saturated rings. The molecule has 1 heteroatoms. The molecule has 0 heterocycles. The van der Waals surface area contributed by atoms with Gasteiger partial charge in [-0.15, -0.1) is 0 Å². The summed E-state index contributed by atoms with van der Waals surface area (Å²) in [6.07, 6.45) is 5.38. The van der Waals surface area contributed by atoms with E-state index < -0.39 is 0 Å². The van der Waals surface area contributed by atoms with E-state index in [0.29, 0.717) is 5.92 Å². The van der Waals surface area contributed by atoms with Crippen LogP contribution >= 0.6 is 0 Å². The van der Waals surface area contributed by atoms with Gasteiger partial charge in [0, 0.05) is 0 Å². The Balaban J connectivity index is 3.44. The van der Waals surface area contributed by atoms with Crippen LogP contribution in [0, 0.1) is 5.92 Å². The van der Waals surface area contributed by atoms with Gasteiger partial charge >= 0.3 is 0 Å². The van der Waals surface area contributed by atoms with E-state index in [4.69, 9.17) is 5.11 Å². The number of hydrogen-bond acceptors (Lipinski definition) is 1. The molecule has 0 aromatic rings. The van der Waals surface area contributed by atoms with Crippen LogP contribution in [0.15, 0.2) is 11.6 Å². The quantitative estimate of drug-likeness (QED) is 0.628. The van der Waals surface area contributed by atoms with Gasteiger partial charge in [0.2, 0.25) is 0 Å². The van der Waals surface area contributed by atoms with Crippen molar-refractivity contribution in [1.29, 1.82) is 0 Å². The fourth-order valence-electron chi connectivity index (χ4n) is 1.36. The molecule has 0 radical (unpaired) electrons. The lowest BCUT2D eigenvalue weighted by Gasteiger charge is -2.11. The molecule has 0 bridgehead atoms. The highest BCUT2D eigenvalue weighted by atomic mass is 16.3. The minimum Gasteiger partial charge on any atom is -0.393 e. The summed E-state index contributed by atoms with van der Waals surface area (Å²) in [6.45, 7) is 8.31. The third-order valence-corrected chi connectivity index (χ3v) is 1.96. The molecule has 0 aromatic heterocycles. The SMILES string of the molecule is CC(C)=CCCC(C)C[C@H](C)O. The highest BCUT2D eigenvalue weighted by Gasteiger charge is 2.04. The van der Waals surface area contributed by atoms with Crippen LogP contribution in [0.3, 0.4) is 0 Å². The molecular formula is C11H22O. The van der Waals surface area contributed by atoms with E-state index in [1.165, 1.54) is 12.0 Å². The van der Waals surface area contributed by atoms with Gasteiger partial charge in [0.1, 0.15) is 0 Å². The highest BCUT2D eigenvalue weighted by Crippen LogP contribution is 2.13. The minimum absolute atomic E-state index is 0.147. The summed E-state index contributed by atoms with van der Waals surface area (Å²) in [5, 5.41) is 9.12. The van der Waals surface area contributed by atoms with Gasteiger partial charge in [-0.2, -0.15) is 0 Å². The Labute approximate surface area is 76.5 Å². The van der Waals surface area contributed by atoms with Crippen LogP contribution in [-0.4, -0.2) is 11.2 Å². The van der Waals surface area contributed by atoms with Gasteiger partial charge in [-0.1, -0.05) is 18.6 Å². The van der Waals surface area contributed by atoms with Crippen molar-refractivity contribution in [3.05, 3.63) is 11.6 Å². The predicted molar refractivity (Wildman–Crippen MR) is 54.1 cm³/mol. The van der Waals surface area contributed by atoms with Crippen molar-refractivity contribution in [2.45, 2.75) is 53.1 Å². The molecule has 0 spiro atoms. The van der Waals surface area contributed by atoms with E-state index >= 15 is 0 Å². The summed E-state index contributed by atoms with van der Waals surface area (Å²) in [6, 6.07) is 0. The number of hydrogen-bond donors (Lipinski definition) is 1. The Kier molecular flexibility index (Phi) is 6.09. The van der Waals surface area contributed by atoms with Gasteiger partial charge in [0.05, 0.1) is 6.10 Å². The normalized spacial score (nSPS) is 15.4. The van der Waals surface area contributed by atoms with Crippen molar-refractivity contribution in [2.75, 3.05) is 0 Å². The fourth-order valence-corrected chi connectivity index (χ4v) is 1.36. The summed E-state index contributed by atoms with van der Waals surface area (Å²) in [7, 11) is 0. The monoisotopic (exact) mass is 170 g/mol. The second kappa shape index (κ2) is 6.24. The van der Waals surface area contributed by atoms with Gasteiger partial charge in [0.15, 0.2) is 0 Å². The van der Waals surface area contributed by atoms with Crippen molar-refractivity contribution in [1.82, 2.24) is 0 Å². The van der Waals surface area contributed by atoms with Gasteiger partial charge in [-0.05, 0) is 46.0 Å². The maximum atomic E-state index is 9.12. The fraction of sp³-hybridized carbons (Fsp3) is 0.818. The Bertz CT molecular complexity index is 132. The largest absolute Gasteiger partial charge is 0.393 e. The molecular weight excluding hydrogens is 148 g/mol. The zero-order chi connectivity index (χ0) is 9.56. The van der Waals surface area contributed by atoms with Crippen LogP contribution in [0.4, 0.5) is 0 Å². The molecule has 0 saturated carbocycles. The third-order valence-electron chi connectivity index (χ3n) is 1.96. The molecule has 72 valence electrons. The molecule has 2 atom stereocenters. The van der Waals surface area contributed by atoms with Crippen molar-refractivity contribution in [3.8, 4) is 0 Å². The lowest BCUT2D eigenvalue weighted by molar-refractivity contribution is 0.162. The van der Waals surface area contributed by atoms with E-state index in [9.17, 15) is 0 Å². The lowest BCUT2D eigenvalue weighted by Crippen LogP contribution is -2.06. The smallest absolute Gasteiger partial charge is 0.0514 e. The van der Waals surface area contributed by atoms with E-state index in [1.54, 1.807) is 0 Å². The van der Waals surface area contributed by atoms with Gasteiger partial charge < -0.3 is 5.11 Å². The first kappa shape index (κ1) is 11.7. The van der Waals surface area contributed by atoms with Crippen LogP contribution in [0.25, 0.3) is 0 Å². The molecule has 0 aliphatic rings. The third kappa shape index (κ3) is 7.80. The molecule has 12 heavy (non-hydrogen) atoms. The van der Waals surface area contributed by atoms with Gasteiger partial charge in [-0.25, -0.2) is 0 Å². The summed E-state index contributed by atoms with van der Waals surface area (Å²) in [5.74, 6) is 0.639. The lowest BCUT2D eigenvalue weighted by atomic mass is 9.98. The van der Waals surface area contributed by atoms with Crippen molar-refractivity contribution in [2.24, 2.45) is 5.92 Å². The summed E-state index contributed by atoms with van der Waals surface area (Å²) in [5.41, 5.74) is 1.39. The Hall–Kier alpha value is -0.300. The second-order valence-corrected chi connectivity index (χ2v) is 4.05. The second-order valence-electron chi connectivity index (χ2n) is 4.05. The first-order valence-electron chi connectivity index (χ1n) is 4.83. The Morgan fingerprint density at radius 1 is 1.33 bits per heavy atom. The van der Waals surface area contributed by atoms with Crippen LogP contribution in [-0.2, 0) is 0 Å². The topological polar surface area (TPSA) is 20.2 Å². The predicted octanol–water partition coefficient (Wildman–Crippen LogP) is 3.14. The average molecular weight is 170 g/mol. The van der Waals surface area contributed by atoms with E-state index in [0.717, 1.165) is 12.8 Å². The van der Waals surface area contributed by atoms with Crippen LogP contribution in [0.2, 0.25) is 0 Å². The first-order chi connectivity index (χ1) is 5.52. The van der Waals surface area contributed by atoms with Crippen molar-refractivity contribution >= 4 is 0 Å². The van der Waals surface area contributed by atoms with Crippen molar-refractivity contribution < 1.29 is 5.11 Å². The molecule has 1 nitrogen and oxygen atoms in total. The Morgan fingerprint density at radius 3 is 2.33 bits per heavy atom. The molecule has 0 amide bonds. The highest BCUT2D eigenvalue weighted by molar-refractivity contribution is 4.92. The zero-order valence-corrected chi connectivity index (χ0v) is 8.80. The van der Waals surface area contributed by atoms with Crippen LogP contribution in [0.1, 0.15) is 47.0 Å². The van der Waals surface area contributed by atoms with Crippen LogP contribution in [0.5, 0.6) is 0 Å². The maximum absolute atomic E-state index is 9.12. The summed E-state index contributed by atoms with van der Waals surface area (Å²) < 4.78 is 0. The first-order valence-corrected chi connectivity index (χ1v) is 4.83.